The van der Waals surface area contributed by atoms with Crippen molar-refractivity contribution in [2.45, 2.75) is 19.8 Å². The zero-order chi connectivity index (χ0) is 12.5. The lowest BCUT2D eigenvalue weighted by molar-refractivity contribution is 0.131. The van der Waals surface area contributed by atoms with Gasteiger partial charge < -0.3 is 4.74 Å². The molecule has 5 heteroatoms. The van der Waals surface area contributed by atoms with Gasteiger partial charge in [-0.3, -0.25) is 0 Å². The molecule has 0 saturated carbocycles. The molecule has 0 aromatic heterocycles. The lowest BCUT2D eigenvalue weighted by Gasteiger charge is -2.15. The third-order valence-corrected chi connectivity index (χ3v) is 2.25. The second kappa shape index (κ2) is 7.36. The van der Waals surface area contributed by atoms with E-state index in [1.54, 1.807) is 24.3 Å². The molecule has 0 bridgehead atoms. The first-order valence-electron chi connectivity index (χ1n) is 5.50. The van der Waals surface area contributed by atoms with Crippen LogP contribution in [-0.4, -0.2) is 13.3 Å². The van der Waals surface area contributed by atoms with E-state index in [0.29, 0.717) is 17.9 Å². The predicted molar refractivity (Wildman–Crippen MR) is 65.2 cm³/mol. The van der Waals surface area contributed by atoms with Crippen molar-refractivity contribution in [3.8, 4) is 6.07 Å². The Morgan fingerprint density at radius 2 is 2.12 bits per heavy atom. The highest BCUT2D eigenvalue weighted by molar-refractivity contribution is 5.48. The molecule has 0 amide bonds. The van der Waals surface area contributed by atoms with Crippen LogP contribution in [0.5, 0.6) is 0 Å². The van der Waals surface area contributed by atoms with Gasteiger partial charge in [0.2, 0.25) is 0 Å². The molecule has 1 aromatic rings. The fourth-order valence-corrected chi connectivity index (χ4v) is 1.25. The van der Waals surface area contributed by atoms with E-state index < -0.39 is 0 Å². The van der Waals surface area contributed by atoms with Crippen molar-refractivity contribution in [2.75, 3.05) is 18.3 Å². The maximum atomic E-state index is 10.7. The van der Waals surface area contributed by atoms with E-state index in [1.165, 1.54) is 5.01 Å². The maximum Gasteiger partial charge on any atom is 0.143 e. The molecule has 1 rings (SSSR count). The fourth-order valence-electron chi connectivity index (χ4n) is 1.25. The van der Waals surface area contributed by atoms with Crippen LogP contribution in [0.15, 0.2) is 29.6 Å². The smallest absolute Gasteiger partial charge is 0.143 e. The van der Waals surface area contributed by atoms with Crippen molar-refractivity contribution in [3.63, 3.8) is 0 Å². The number of hydrogen-bond donors (Lipinski definition) is 0. The second-order valence-electron chi connectivity index (χ2n) is 3.53. The van der Waals surface area contributed by atoms with Crippen LogP contribution >= 0.6 is 0 Å². The molecular formula is C12H15N3O2. The van der Waals surface area contributed by atoms with Crippen molar-refractivity contribution in [1.82, 2.24) is 0 Å². The van der Waals surface area contributed by atoms with Gasteiger partial charge >= 0.3 is 0 Å². The van der Waals surface area contributed by atoms with Crippen molar-refractivity contribution < 1.29 is 4.74 Å². The van der Waals surface area contributed by atoms with Crippen LogP contribution in [0.2, 0.25) is 0 Å². The van der Waals surface area contributed by atoms with Gasteiger partial charge in [-0.05, 0) is 30.7 Å². The molecule has 0 aliphatic carbocycles. The van der Waals surface area contributed by atoms with E-state index in [1.807, 2.05) is 6.07 Å². The van der Waals surface area contributed by atoms with Gasteiger partial charge in [-0.2, -0.15) is 5.26 Å². The van der Waals surface area contributed by atoms with E-state index in [2.05, 4.69) is 12.2 Å². The van der Waals surface area contributed by atoms with E-state index in [9.17, 15) is 4.91 Å². The lowest BCUT2D eigenvalue weighted by Crippen LogP contribution is -2.19. The zero-order valence-corrected chi connectivity index (χ0v) is 9.80. The molecular weight excluding hydrogens is 218 g/mol. The van der Waals surface area contributed by atoms with Crippen LogP contribution in [0.4, 0.5) is 5.69 Å². The Labute approximate surface area is 101 Å². The van der Waals surface area contributed by atoms with E-state index in [-0.39, 0.29) is 6.73 Å². The summed E-state index contributed by atoms with van der Waals surface area (Å²) in [5.74, 6) is 0. The Morgan fingerprint density at radius 1 is 1.41 bits per heavy atom. The number of benzene rings is 1. The van der Waals surface area contributed by atoms with Crippen molar-refractivity contribution in [1.29, 1.82) is 5.26 Å². The van der Waals surface area contributed by atoms with Gasteiger partial charge in [-0.15, -0.1) is 4.91 Å². The largest absolute Gasteiger partial charge is 0.359 e. The molecule has 0 heterocycles. The van der Waals surface area contributed by atoms with Gasteiger partial charge in [0.15, 0.2) is 0 Å². The molecule has 0 atom stereocenters. The highest BCUT2D eigenvalue weighted by Crippen LogP contribution is 2.15. The molecule has 0 saturated heterocycles. The highest BCUT2D eigenvalue weighted by Gasteiger charge is 2.06. The molecule has 0 N–H and O–H groups in total. The SMILES string of the molecule is CCCCOCN(N=O)c1ccc(C#N)cc1. The molecule has 0 aliphatic rings. The minimum absolute atomic E-state index is 0.134. The van der Waals surface area contributed by atoms with Crippen LogP contribution in [0.3, 0.4) is 0 Å². The summed E-state index contributed by atoms with van der Waals surface area (Å²) in [7, 11) is 0. The first-order valence-corrected chi connectivity index (χ1v) is 5.50. The van der Waals surface area contributed by atoms with Gasteiger partial charge in [0, 0.05) is 6.61 Å². The number of hydrogen-bond acceptors (Lipinski definition) is 4. The van der Waals surface area contributed by atoms with Crippen molar-refractivity contribution >= 4 is 5.69 Å². The number of anilines is 1. The summed E-state index contributed by atoms with van der Waals surface area (Å²) < 4.78 is 5.31. The van der Waals surface area contributed by atoms with E-state index >= 15 is 0 Å². The maximum absolute atomic E-state index is 10.7. The molecule has 1 aromatic carbocycles. The number of ether oxygens (including phenoxy) is 1. The molecule has 0 fully saturated rings. The van der Waals surface area contributed by atoms with Crippen LogP contribution < -0.4 is 5.01 Å². The minimum atomic E-state index is 0.134. The molecule has 0 radical (unpaired) electrons. The summed E-state index contributed by atoms with van der Waals surface area (Å²) in [6, 6.07) is 8.63. The molecule has 0 spiro atoms. The molecule has 0 unspecified atom stereocenters. The monoisotopic (exact) mass is 233 g/mol. The topological polar surface area (TPSA) is 65.7 Å². The summed E-state index contributed by atoms with van der Waals surface area (Å²) in [4.78, 5) is 10.7. The van der Waals surface area contributed by atoms with E-state index in [0.717, 1.165) is 12.8 Å². The zero-order valence-electron chi connectivity index (χ0n) is 9.80. The third kappa shape index (κ3) is 4.21. The van der Waals surface area contributed by atoms with Gasteiger partial charge in [0.25, 0.3) is 0 Å². The van der Waals surface area contributed by atoms with Crippen LogP contribution in [0.1, 0.15) is 25.3 Å². The van der Waals surface area contributed by atoms with E-state index in [4.69, 9.17) is 10.00 Å². The number of nitrogens with zero attached hydrogens (tertiary/aromatic N) is 3. The van der Waals surface area contributed by atoms with Gasteiger partial charge in [0.05, 0.1) is 22.6 Å². The number of unbranched alkanes of at least 4 members (excludes halogenated alkanes) is 1. The van der Waals surface area contributed by atoms with Gasteiger partial charge in [-0.1, -0.05) is 13.3 Å². The van der Waals surface area contributed by atoms with Crippen molar-refractivity contribution in [3.05, 3.63) is 34.7 Å². The summed E-state index contributed by atoms with van der Waals surface area (Å²) >= 11 is 0. The van der Waals surface area contributed by atoms with Crippen LogP contribution in [0.25, 0.3) is 0 Å². The number of rotatable bonds is 7. The Morgan fingerprint density at radius 3 is 2.65 bits per heavy atom. The average Bonchev–Trinajstić information content (AvgIpc) is 2.39. The first kappa shape index (κ1) is 13.1. The molecule has 5 nitrogen and oxygen atoms in total. The normalized spacial score (nSPS) is 9.65. The molecule has 90 valence electrons. The molecule has 17 heavy (non-hydrogen) atoms. The van der Waals surface area contributed by atoms with Crippen LogP contribution in [0, 0.1) is 16.2 Å². The third-order valence-electron chi connectivity index (χ3n) is 2.25. The second-order valence-corrected chi connectivity index (χ2v) is 3.53. The Hall–Kier alpha value is -1.93. The van der Waals surface area contributed by atoms with Crippen molar-refractivity contribution in [2.24, 2.45) is 5.29 Å². The summed E-state index contributed by atoms with van der Waals surface area (Å²) in [5, 5.41) is 12.8. The van der Waals surface area contributed by atoms with Gasteiger partial charge in [-0.25, -0.2) is 5.01 Å². The lowest BCUT2D eigenvalue weighted by atomic mass is 10.2. The highest BCUT2D eigenvalue weighted by atomic mass is 16.5. The predicted octanol–water partition coefficient (Wildman–Crippen LogP) is 2.82. The Balaban J connectivity index is 2.54. The summed E-state index contributed by atoms with van der Waals surface area (Å²) in [6.07, 6.45) is 2.01. The summed E-state index contributed by atoms with van der Waals surface area (Å²) in [6.45, 7) is 2.81. The Kier molecular flexibility index (Phi) is 5.69. The standard InChI is InChI=1S/C12H15N3O2/c1-2-3-8-17-10-15(14-16)12-6-4-11(9-13)5-7-12/h4-7H,2-3,8,10H2,1H3. The summed E-state index contributed by atoms with van der Waals surface area (Å²) in [5.41, 5.74) is 1.17. The first-order chi connectivity index (χ1) is 8.31. The minimum Gasteiger partial charge on any atom is -0.359 e. The quantitative estimate of drug-likeness (QED) is 0.314. The van der Waals surface area contributed by atoms with Gasteiger partial charge in [0.1, 0.15) is 6.73 Å². The Bertz CT molecular complexity index is 384. The molecule has 0 aliphatic heterocycles. The number of nitriles is 1. The number of nitroso groups, excluding NO2 is 1. The van der Waals surface area contributed by atoms with Crippen LogP contribution in [-0.2, 0) is 4.74 Å². The average molecular weight is 233 g/mol. The fraction of sp³-hybridized carbons (Fsp3) is 0.417.